The van der Waals surface area contributed by atoms with Crippen molar-refractivity contribution in [2.24, 2.45) is 9.98 Å². The number of rotatable bonds is 6. The normalized spacial score (nSPS) is 19.6. The van der Waals surface area contributed by atoms with Gasteiger partial charge in [-0.25, -0.2) is 23.1 Å². The lowest BCUT2D eigenvalue weighted by Gasteiger charge is -2.19. The number of carbonyl (C=O) groups is 1. The van der Waals surface area contributed by atoms with Gasteiger partial charge in [-0.1, -0.05) is 23.2 Å². The lowest BCUT2D eigenvalue weighted by molar-refractivity contribution is -0.137. The monoisotopic (exact) mass is 600 g/mol. The molecule has 0 saturated carbocycles. The zero-order valence-corrected chi connectivity index (χ0v) is 23.1. The van der Waals surface area contributed by atoms with Gasteiger partial charge in [0, 0.05) is 18.6 Å². The van der Waals surface area contributed by atoms with Gasteiger partial charge in [0.1, 0.15) is 4.21 Å². The van der Waals surface area contributed by atoms with E-state index in [2.05, 4.69) is 30.1 Å². The summed E-state index contributed by atoms with van der Waals surface area (Å²) in [5.41, 5.74) is 1.34. The summed E-state index contributed by atoms with van der Waals surface area (Å²) >= 11 is 15.7. The number of aliphatic hydroxyl groups is 1. The number of nitrogens with zero attached hydrogens (tertiary/aromatic N) is 2. The largest absolute Gasteiger partial charge is 0.481 e. The van der Waals surface area contributed by atoms with Crippen molar-refractivity contribution in [3.05, 3.63) is 20.8 Å². The fourth-order valence-corrected chi connectivity index (χ4v) is 7.68. The van der Waals surface area contributed by atoms with Crippen molar-refractivity contribution in [3.63, 3.8) is 0 Å². The molecule has 0 spiro atoms. The van der Waals surface area contributed by atoms with Crippen LogP contribution in [0, 0.1) is 0 Å². The van der Waals surface area contributed by atoms with E-state index in [0.29, 0.717) is 22.4 Å². The Labute approximate surface area is 224 Å². The molecule has 2 unspecified atom stereocenters. The average molecular weight is 602 g/mol. The maximum Gasteiger partial charge on any atom is 0.305 e. The van der Waals surface area contributed by atoms with Crippen LogP contribution in [0.25, 0.3) is 0 Å². The number of aliphatic imine (C=N–C) groups is 2. The summed E-state index contributed by atoms with van der Waals surface area (Å²) in [5.74, 6) is -0.293. The smallest absolute Gasteiger partial charge is 0.305 e. The molecule has 0 saturated heterocycles. The number of halogens is 2. The van der Waals surface area contributed by atoms with E-state index < -0.39 is 22.0 Å². The summed E-state index contributed by atoms with van der Waals surface area (Å²) in [6.07, 6.45) is 0.471. The Kier molecular flexibility index (Phi) is 9.53. The van der Waals surface area contributed by atoms with Crippen molar-refractivity contribution >= 4 is 97.1 Å². The van der Waals surface area contributed by atoms with E-state index in [1.165, 1.54) is 29.4 Å². The van der Waals surface area contributed by atoms with Gasteiger partial charge < -0.3 is 20.8 Å². The van der Waals surface area contributed by atoms with Crippen LogP contribution in [0.3, 0.4) is 0 Å². The fraction of sp³-hybridized carbons (Fsp3) is 0.389. The number of carboxylic acid groups (broad SMARTS) is 1. The number of guanidine groups is 2. The minimum absolute atomic E-state index is 0.00397. The third-order valence-electron chi connectivity index (χ3n) is 4.27. The van der Waals surface area contributed by atoms with Crippen molar-refractivity contribution < 1.29 is 23.4 Å². The van der Waals surface area contributed by atoms with E-state index >= 15 is 0 Å². The van der Waals surface area contributed by atoms with E-state index in [4.69, 9.17) is 33.4 Å². The molecule has 4 heterocycles. The second kappa shape index (κ2) is 12.0. The Hall–Kier alpha value is -1.75. The van der Waals surface area contributed by atoms with Gasteiger partial charge in [-0.15, -0.1) is 22.7 Å². The van der Waals surface area contributed by atoms with E-state index in [1.54, 1.807) is 6.92 Å². The Balaban J connectivity index is 0.000000198. The minimum Gasteiger partial charge on any atom is -0.481 e. The number of nitrogens with one attached hydrogen (secondary N) is 4. The third kappa shape index (κ3) is 7.87. The van der Waals surface area contributed by atoms with Gasteiger partial charge in [0.05, 0.1) is 38.6 Å². The van der Waals surface area contributed by atoms with Gasteiger partial charge >= 0.3 is 5.97 Å². The lowest BCUT2D eigenvalue weighted by Crippen LogP contribution is -2.40. The maximum atomic E-state index is 11.9. The first-order valence-electron chi connectivity index (χ1n) is 10.0. The summed E-state index contributed by atoms with van der Waals surface area (Å²) in [7, 11) is -3.70. The highest BCUT2D eigenvalue weighted by atomic mass is 35.5. The van der Waals surface area contributed by atoms with Crippen LogP contribution in [0.1, 0.15) is 26.7 Å². The quantitative estimate of drug-likeness (QED) is 0.270. The molecule has 0 aliphatic carbocycles. The van der Waals surface area contributed by atoms with Gasteiger partial charge in [-0.05, 0) is 32.4 Å². The molecule has 2 aromatic rings. The number of carboxylic acids is 1. The molecule has 0 fully saturated rings. The first kappa shape index (κ1) is 27.8. The Bertz CT molecular complexity index is 1250. The van der Waals surface area contributed by atoms with Crippen LogP contribution in [0.2, 0.25) is 8.67 Å². The second-order valence-electron chi connectivity index (χ2n) is 7.33. The second-order valence-corrected chi connectivity index (χ2v) is 13.6. The number of thiophene rings is 2. The van der Waals surface area contributed by atoms with E-state index in [0.717, 1.165) is 25.6 Å². The van der Waals surface area contributed by atoms with Crippen LogP contribution in [0.5, 0.6) is 0 Å². The first-order chi connectivity index (χ1) is 16.5. The SMILES string of the molecule is CC(CC(=O)O)N=C1Nc2cc(Cl)sc2S(=O)(=O)N1.CC(CCO)N=C1NSc2sc(Cl)cc2N1. The zero-order valence-electron chi connectivity index (χ0n) is 18.3. The highest BCUT2D eigenvalue weighted by Crippen LogP contribution is 2.39. The zero-order chi connectivity index (χ0) is 25.8. The van der Waals surface area contributed by atoms with Gasteiger partial charge in [-0.3, -0.25) is 9.52 Å². The first-order valence-corrected chi connectivity index (χ1v) is 14.7. The molecular formula is C18H22Cl2N6O5S4. The van der Waals surface area contributed by atoms with Crippen molar-refractivity contribution in [1.29, 1.82) is 0 Å². The molecule has 0 aromatic carbocycles. The summed E-state index contributed by atoms with van der Waals surface area (Å²) in [6, 6.07) is 2.91. The van der Waals surface area contributed by atoms with Gasteiger partial charge in [-0.2, -0.15) is 0 Å². The summed E-state index contributed by atoms with van der Waals surface area (Å²) in [5, 5.41) is 23.4. The summed E-state index contributed by atoms with van der Waals surface area (Å²) in [6.45, 7) is 3.70. The Morgan fingerprint density at radius 2 is 1.69 bits per heavy atom. The molecular weight excluding hydrogens is 579 g/mol. The van der Waals surface area contributed by atoms with Crippen molar-refractivity contribution in [2.45, 2.75) is 47.2 Å². The van der Waals surface area contributed by atoms with E-state index in [-0.39, 0.29) is 29.2 Å². The number of anilines is 2. The third-order valence-corrected chi connectivity index (χ3v) is 9.67. The standard InChI is InChI=1S/C9H10ClN3O4S2.C9H12ClN3OS2/c1-4(2-7(14)15)11-9-12-5-3-6(10)18-8(5)19(16,17)13-9;1-5(2-3-14)11-9-12-6-4-7(10)15-8(6)16-13-9/h3-4H,2H2,1H3,(H,14,15)(H2,11,12,13);4-5,14H,2-3H2,1H3,(H2,11,12,13). The van der Waals surface area contributed by atoms with Crippen molar-refractivity contribution in [1.82, 2.24) is 9.44 Å². The topological polar surface area (TPSA) is 165 Å². The predicted octanol–water partition coefficient (Wildman–Crippen LogP) is 3.88. The van der Waals surface area contributed by atoms with E-state index in [1.807, 2.05) is 13.0 Å². The molecule has 6 N–H and O–H groups in total. The van der Waals surface area contributed by atoms with Crippen LogP contribution >= 0.6 is 57.8 Å². The molecule has 2 atom stereocenters. The van der Waals surface area contributed by atoms with E-state index in [9.17, 15) is 13.2 Å². The number of fused-ring (bicyclic) bond motifs is 2. The molecule has 2 aromatic heterocycles. The van der Waals surface area contributed by atoms with Crippen molar-refractivity contribution in [3.8, 4) is 0 Å². The molecule has 192 valence electrons. The van der Waals surface area contributed by atoms with Crippen LogP contribution < -0.4 is 20.1 Å². The molecule has 4 rings (SSSR count). The van der Waals surface area contributed by atoms with Gasteiger partial charge in [0.15, 0.2) is 4.21 Å². The number of hydrogen-bond acceptors (Lipinski definition) is 9. The molecule has 11 nitrogen and oxygen atoms in total. The number of aliphatic carboxylic acids is 1. The highest BCUT2D eigenvalue weighted by molar-refractivity contribution is 8.00. The average Bonchev–Trinajstić information content (AvgIpc) is 3.28. The number of sulfonamides is 1. The van der Waals surface area contributed by atoms with Gasteiger partial charge in [0.2, 0.25) is 11.9 Å². The molecule has 2 aliphatic rings. The molecule has 17 heteroatoms. The minimum atomic E-state index is -3.70. The molecule has 0 radical (unpaired) electrons. The molecule has 0 amide bonds. The Morgan fingerprint density at radius 1 is 1.06 bits per heavy atom. The number of aliphatic hydroxyl groups excluding tert-OH is 1. The lowest BCUT2D eigenvalue weighted by atomic mass is 10.2. The Morgan fingerprint density at radius 3 is 2.37 bits per heavy atom. The summed E-state index contributed by atoms with van der Waals surface area (Å²) < 4.78 is 31.4. The molecule has 35 heavy (non-hydrogen) atoms. The summed E-state index contributed by atoms with van der Waals surface area (Å²) in [4.78, 5) is 18.9. The van der Waals surface area contributed by atoms with Crippen LogP contribution in [-0.2, 0) is 14.8 Å². The van der Waals surface area contributed by atoms with Crippen LogP contribution in [-0.4, -0.2) is 55.2 Å². The molecule has 0 bridgehead atoms. The van der Waals surface area contributed by atoms with Crippen LogP contribution in [0.15, 0.2) is 30.5 Å². The molecule has 2 aliphatic heterocycles. The number of hydrogen-bond donors (Lipinski definition) is 6. The van der Waals surface area contributed by atoms with Crippen molar-refractivity contribution in [2.75, 3.05) is 17.2 Å². The highest BCUT2D eigenvalue weighted by Gasteiger charge is 2.29. The fourth-order valence-electron chi connectivity index (χ4n) is 2.82. The van der Waals surface area contributed by atoms with Gasteiger partial charge in [0.25, 0.3) is 10.0 Å². The maximum absolute atomic E-state index is 11.9. The predicted molar refractivity (Wildman–Crippen MR) is 143 cm³/mol. The van der Waals surface area contributed by atoms with Crippen LogP contribution in [0.4, 0.5) is 11.4 Å².